The largest absolute Gasteiger partial charge is 0.479 e. The van der Waals surface area contributed by atoms with Gasteiger partial charge in [-0.15, -0.1) is 0 Å². The van der Waals surface area contributed by atoms with E-state index in [1.807, 2.05) is 13.8 Å². The van der Waals surface area contributed by atoms with Gasteiger partial charge in [0.2, 0.25) is 0 Å². The van der Waals surface area contributed by atoms with E-state index < -0.39 is 23.8 Å². The molecule has 0 radical (unpaired) electrons. The molecular formula is C17H20FN3O4. The summed E-state index contributed by atoms with van der Waals surface area (Å²) in [6.45, 7) is 5.23. The van der Waals surface area contributed by atoms with Gasteiger partial charge in [-0.3, -0.25) is 9.48 Å². The summed E-state index contributed by atoms with van der Waals surface area (Å²) < 4.78 is 20.5. The van der Waals surface area contributed by atoms with Crippen LogP contribution in [-0.4, -0.2) is 32.9 Å². The molecule has 7 nitrogen and oxygen atoms in total. The van der Waals surface area contributed by atoms with E-state index in [9.17, 15) is 14.0 Å². The summed E-state index contributed by atoms with van der Waals surface area (Å²) >= 11 is 0. The molecule has 2 rings (SSSR count). The predicted octanol–water partition coefficient (Wildman–Crippen LogP) is 2.79. The number of halogens is 1. The Bertz CT molecular complexity index is 801. The summed E-state index contributed by atoms with van der Waals surface area (Å²) in [6.07, 6.45) is -1.18. The number of carbonyl (C=O) groups excluding carboxylic acids is 1. The maximum absolute atomic E-state index is 14.0. The van der Waals surface area contributed by atoms with E-state index in [0.717, 1.165) is 11.8 Å². The van der Waals surface area contributed by atoms with Crippen molar-refractivity contribution in [3.63, 3.8) is 0 Å². The third kappa shape index (κ3) is 4.34. The number of nitrogens with one attached hydrogen (secondary N) is 1. The number of aryl methyl sites for hydroxylation is 1. The number of aromatic nitrogens is 2. The predicted molar refractivity (Wildman–Crippen MR) is 89.4 cm³/mol. The summed E-state index contributed by atoms with van der Waals surface area (Å²) in [5, 5.41) is 15.6. The van der Waals surface area contributed by atoms with Gasteiger partial charge in [0.25, 0.3) is 5.91 Å². The van der Waals surface area contributed by atoms with Gasteiger partial charge in [0.05, 0.1) is 5.69 Å². The van der Waals surface area contributed by atoms with Crippen molar-refractivity contribution in [3.05, 3.63) is 41.5 Å². The number of anilines is 1. The lowest BCUT2D eigenvalue weighted by Crippen LogP contribution is -2.23. The maximum atomic E-state index is 14.0. The van der Waals surface area contributed by atoms with Crippen molar-refractivity contribution in [3.8, 4) is 5.75 Å². The normalized spacial score (nSPS) is 12.1. The Kier molecular flexibility index (Phi) is 5.41. The van der Waals surface area contributed by atoms with Crippen LogP contribution in [0.1, 0.15) is 42.9 Å². The van der Waals surface area contributed by atoms with Crippen molar-refractivity contribution in [2.24, 2.45) is 7.05 Å². The number of ether oxygens (including phenoxy) is 1. The van der Waals surface area contributed by atoms with Crippen molar-refractivity contribution in [1.29, 1.82) is 0 Å². The molecule has 0 fully saturated rings. The minimum absolute atomic E-state index is 0.179. The molecular weight excluding hydrogens is 329 g/mol. The highest BCUT2D eigenvalue weighted by Crippen LogP contribution is 2.23. The molecule has 0 aliphatic carbocycles. The van der Waals surface area contributed by atoms with Crippen LogP contribution >= 0.6 is 0 Å². The quantitative estimate of drug-likeness (QED) is 0.836. The van der Waals surface area contributed by atoms with Crippen LogP contribution < -0.4 is 10.1 Å². The Morgan fingerprint density at radius 2 is 1.96 bits per heavy atom. The highest BCUT2D eigenvalue weighted by molar-refractivity contribution is 6.03. The number of carboxylic acid groups (broad SMARTS) is 1. The minimum Gasteiger partial charge on any atom is -0.479 e. The van der Waals surface area contributed by atoms with Crippen LogP contribution in [0.3, 0.4) is 0 Å². The van der Waals surface area contributed by atoms with Crippen molar-refractivity contribution >= 4 is 17.6 Å². The molecule has 1 aromatic heterocycles. The van der Waals surface area contributed by atoms with Gasteiger partial charge in [0.1, 0.15) is 5.69 Å². The fourth-order valence-corrected chi connectivity index (χ4v) is 2.09. The van der Waals surface area contributed by atoms with Gasteiger partial charge in [-0.1, -0.05) is 13.8 Å². The number of benzene rings is 1. The zero-order valence-corrected chi connectivity index (χ0v) is 14.4. The number of nitrogens with zero attached hydrogens (tertiary/aromatic N) is 2. The zero-order chi connectivity index (χ0) is 18.7. The van der Waals surface area contributed by atoms with Crippen molar-refractivity contribution in [2.75, 3.05) is 5.32 Å². The van der Waals surface area contributed by atoms with Crippen LogP contribution in [0.15, 0.2) is 24.3 Å². The molecule has 134 valence electrons. The molecule has 1 unspecified atom stereocenters. The van der Waals surface area contributed by atoms with Gasteiger partial charge in [-0.25, -0.2) is 9.18 Å². The fraction of sp³-hybridized carbons (Fsp3) is 0.353. The molecule has 25 heavy (non-hydrogen) atoms. The second-order valence-corrected chi connectivity index (χ2v) is 5.93. The summed E-state index contributed by atoms with van der Waals surface area (Å²) in [5.74, 6) is -2.41. The van der Waals surface area contributed by atoms with E-state index >= 15 is 0 Å². The van der Waals surface area contributed by atoms with E-state index in [4.69, 9.17) is 9.84 Å². The van der Waals surface area contributed by atoms with Crippen LogP contribution in [-0.2, 0) is 11.8 Å². The summed E-state index contributed by atoms with van der Waals surface area (Å²) in [7, 11) is 1.66. The molecule has 0 spiro atoms. The van der Waals surface area contributed by atoms with Gasteiger partial charge in [0, 0.05) is 18.8 Å². The number of amides is 1. The maximum Gasteiger partial charge on any atom is 0.344 e. The molecule has 0 saturated heterocycles. The molecule has 1 amide bonds. The van der Waals surface area contributed by atoms with E-state index in [-0.39, 0.29) is 17.4 Å². The smallest absolute Gasteiger partial charge is 0.344 e. The molecule has 0 saturated carbocycles. The third-order valence-corrected chi connectivity index (χ3v) is 3.56. The number of carboxylic acids is 1. The summed E-state index contributed by atoms with van der Waals surface area (Å²) in [6, 6.07) is 5.46. The first-order valence-corrected chi connectivity index (χ1v) is 7.73. The van der Waals surface area contributed by atoms with E-state index in [1.165, 1.54) is 23.7 Å². The number of hydrogen-bond donors (Lipinski definition) is 2. The highest BCUT2D eigenvalue weighted by Gasteiger charge is 2.18. The van der Waals surface area contributed by atoms with Gasteiger partial charge >= 0.3 is 5.97 Å². The van der Waals surface area contributed by atoms with Crippen molar-refractivity contribution < 1.29 is 23.8 Å². The first-order chi connectivity index (χ1) is 11.7. The van der Waals surface area contributed by atoms with Crippen LogP contribution in [0.2, 0.25) is 0 Å². The number of carbonyl (C=O) groups is 2. The summed E-state index contributed by atoms with van der Waals surface area (Å²) in [4.78, 5) is 23.1. The second kappa shape index (κ2) is 7.33. The topological polar surface area (TPSA) is 93.5 Å². The molecule has 2 N–H and O–H groups in total. The van der Waals surface area contributed by atoms with Crippen LogP contribution in [0.5, 0.6) is 5.75 Å². The first kappa shape index (κ1) is 18.4. The number of hydrogen-bond acceptors (Lipinski definition) is 4. The monoisotopic (exact) mass is 349 g/mol. The first-order valence-electron chi connectivity index (χ1n) is 7.73. The number of rotatable bonds is 6. The van der Waals surface area contributed by atoms with Gasteiger partial charge in [0.15, 0.2) is 17.7 Å². The Morgan fingerprint density at radius 1 is 1.28 bits per heavy atom. The lowest BCUT2D eigenvalue weighted by atomic mass is 10.1. The van der Waals surface area contributed by atoms with Crippen LogP contribution in [0, 0.1) is 5.82 Å². The van der Waals surface area contributed by atoms with Crippen molar-refractivity contribution in [2.45, 2.75) is 32.8 Å². The molecule has 0 bridgehead atoms. The molecule has 0 aliphatic heterocycles. The molecule has 2 aromatic rings. The fourth-order valence-electron chi connectivity index (χ4n) is 2.09. The van der Waals surface area contributed by atoms with Gasteiger partial charge in [-0.05, 0) is 31.0 Å². The van der Waals surface area contributed by atoms with E-state index in [0.29, 0.717) is 5.69 Å². The zero-order valence-electron chi connectivity index (χ0n) is 14.4. The van der Waals surface area contributed by atoms with E-state index in [1.54, 1.807) is 13.1 Å². The molecule has 1 heterocycles. The Balaban J connectivity index is 2.14. The van der Waals surface area contributed by atoms with Gasteiger partial charge in [-0.2, -0.15) is 5.10 Å². The van der Waals surface area contributed by atoms with Crippen molar-refractivity contribution in [1.82, 2.24) is 9.78 Å². The Morgan fingerprint density at radius 3 is 2.48 bits per heavy atom. The van der Waals surface area contributed by atoms with E-state index in [2.05, 4.69) is 10.4 Å². The summed E-state index contributed by atoms with van der Waals surface area (Å²) in [5.41, 5.74) is 1.36. The molecule has 8 heteroatoms. The Labute approximate surface area is 144 Å². The third-order valence-electron chi connectivity index (χ3n) is 3.56. The minimum atomic E-state index is -1.20. The average Bonchev–Trinajstić information content (AvgIpc) is 2.92. The lowest BCUT2D eigenvalue weighted by Gasteiger charge is -2.12. The molecule has 1 aromatic carbocycles. The average molecular weight is 349 g/mol. The lowest BCUT2D eigenvalue weighted by molar-refractivity contribution is -0.144. The van der Waals surface area contributed by atoms with Crippen LogP contribution in [0.25, 0.3) is 0 Å². The molecule has 1 atom stereocenters. The highest BCUT2D eigenvalue weighted by atomic mass is 19.1. The SMILES string of the molecule is CC(Oc1ccc(NC(=O)c2cc(C(C)C)nn2C)cc1F)C(=O)O. The Hall–Kier alpha value is -2.90. The van der Waals surface area contributed by atoms with Crippen LogP contribution in [0.4, 0.5) is 10.1 Å². The standard InChI is InChI=1S/C17H20FN3O4/c1-9(2)13-8-14(21(4)20-13)16(22)19-11-5-6-15(12(18)7-11)25-10(3)17(23)24/h5-10H,1-4H3,(H,19,22)(H,23,24). The van der Waals surface area contributed by atoms with Gasteiger partial charge < -0.3 is 15.2 Å². The molecule has 0 aliphatic rings. The number of aliphatic carboxylic acids is 1. The second-order valence-electron chi connectivity index (χ2n) is 5.93.